The molecule has 0 aliphatic heterocycles. The smallest absolute Gasteiger partial charge is 0.143 e. The summed E-state index contributed by atoms with van der Waals surface area (Å²) in [5, 5.41) is 14.6. The maximum absolute atomic E-state index is 6.69. The van der Waals surface area contributed by atoms with Gasteiger partial charge in [0.1, 0.15) is 11.2 Å². The molecule has 0 spiro atoms. The molecule has 0 unspecified atom stereocenters. The van der Waals surface area contributed by atoms with Crippen LogP contribution in [0.5, 0.6) is 0 Å². The summed E-state index contributed by atoms with van der Waals surface area (Å²) in [6, 6.07) is 66.3. The minimum atomic E-state index is 0.934. The Labute approximate surface area is 294 Å². The molecule has 0 N–H and O–H groups in total. The third-order valence-electron chi connectivity index (χ3n) is 10.8. The Balaban J connectivity index is 1.09. The fraction of sp³-hybridized carbons (Fsp3) is 0. The van der Waals surface area contributed by atoms with Crippen molar-refractivity contribution in [3.8, 4) is 33.4 Å². The lowest BCUT2D eigenvalue weighted by atomic mass is 9.84. The van der Waals surface area contributed by atoms with Crippen LogP contribution in [0.2, 0.25) is 0 Å². The molecule has 10 aromatic carbocycles. The third-order valence-corrected chi connectivity index (χ3v) is 10.8. The average molecular weight is 647 g/mol. The molecule has 1 heterocycles. The first-order valence-electron chi connectivity index (χ1n) is 17.6. The minimum Gasteiger partial charge on any atom is -0.455 e. The molecule has 0 fully saturated rings. The Hall–Kier alpha value is -6.70. The van der Waals surface area contributed by atoms with Gasteiger partial charge in [0.25, 0.3) is 0 Å². The van der Waals surface area contributed by atoms with E-state index in [4.69, 9.17) is 4.42 Å². The first-order chi connectivity index (χ1) is 25.3. The molecule has 0 saturated carbocycles. The van der Waals surface area contributed by atoms with Gasteiger partial charge in [-0.1, -0.05) is 164 Å². The monoisotopic (exact) mass is 646 g/mol. The molecule has 0 saturated heterocycles. The van der Waals surface area contributed by atoms with Gasteiger partial charge in [-0.05, 0) is 94.5 Å². The molecule has 1 aromatic heterocycles. The highest BCUT2D eigenvalue weighted by molar-refractivity contribution is 6.24. The fourth-order valence-corrected chi connectivity index (χ4v) is 8.50. The Morgan fingerprint density at radius 2 is 0.725 bits per heavy atom. The molecular formula is C50H30O. The normalized spacial score (nSPS) is 11.9. The highest BCUT2D eigenvalue weighted by Gasteiger charge is 2.19. The molecule has 11 aromatic rings. The van der Waals surface area contributed by atoms with Gasteiger partial charge in [0.05, 0.1) is 0 Å². The first kappa shape index (κ1) is 28.2. The molecule has 1 heteroatoms. The summed E-state index contributed by atoms with van der Waals surface area (Å²) in [6.45, 7) is 0. The zero-order valence-corrected chi connectivity index (χ0v) is 27.7. The van der Waals surface area contributed by atoms with Gasteiger partial charge in [0.2, 0.25) is 0 Å². The van der Waals surface area contributed by atoms with E-state index in [9.17, 15) is 0 Å². The summed E-state index contributed by atoms with van der Waals surface area (Å²) in [4.78, 5) is 0. The van der Waals surface area contributed by atoms with E-state index in [1.54, 1.807) is 0 Å². The topological polar surface area (TPSA) is 13.1 Å². The second-order valence-electron chi connectivity index (χ2n) is 13.6. The van der Waals surface area contributed by atoms with Crippen LogP contribution in [0.1, 0.15) is 0 Å². The van der Waals surface area contributed by atoms with Crippen LogP contribution in [-0.4, -0.2) is 0 Å². The average Bonchev–Trinajstić information content (AvgIpc) is 3.59. The summed E-state index contributed by atoms with van der Waals surface area (Å²) in [6.07, 6.45) is 0. The van der Waals surface area contributed by atoms with Crippen LogP contribution in [0.15, 0.2) is 186 Å². The number of hydrogen-bond acceptors (Lipinski definition) is 1. The quantitative estimate of drug-likeness (QED) is 0.174. The van der Waals surface area contributed by atoms with E-state index in [-0.39, 0.29) is 0 Å². The summed E-state index contributed by atoms with van der Waals surface area (Å²) in [5.74, 6) is 0. The van der Waals surface area contributed by atoms with E-state index in [1.165, 1.54) is 70.7 Å². The zero-order valence-electron chi connectivity index (χ0n) is 27.7. The van der Waals surface area contributed by atoms with E-state index in [1.807, 2.05) is 0 Å². The predicted molar refractivity (Wildman–Crippen MR) is 218 cm³/mol. The Kier molecular flexibility index (Phi) is 6.02. The molecule has 236 valence electrons. The van der Waals surface area contributed by atoms with Gasteiger partial charge in [-0.2, -0.15) is 0 Å². The van der Waals surface area contributed by atoms with Crippen LogP contribution < -0.4 is 0 Å². The van der Waals surface area contributed by atoms with Gasteiger partial charge < -0.3 is 4.42 Å². The molecule has 0 radical (unpaired) electrons. The minimum absolute atomic E-state index is 0.934. The molecule has 0 aliphatic carbocycles. The molecular weight excluding hydrogens is 617 g/mol. The molecule has 0 aliphatic rings. The van der Waals surface area contributed by atoms with Crippen molar-refractivity contribution in [3.63, 3.8) is 0 Å². The van der Waals surface area contributed by atoms with Crippen LogP contribution >= 0.6 is 0 Å². The van der Waals surface area contributed by atoms with Gasteiger partial charge in [-0.25, -0.2) is 0 Å². The number of hydrogen-bond donors (Lipinski definition) is 0. The van der Waals surface area contributed by atoms with Gasteiger partial charge in [-0.3, -0.25) is 0 Å². The summed E-state index contributed by atoms with van der Waals surface area (Å²) in [5.41, 5.74) is 9.20. The van der Waals surface area contributed by atoms with Crippen molar-refractivity contribution in [2.45, 2.75) is 0 Å². The van der Waals surface area contributed by atoms with Crippen molar-refractivity contribution in [1.29, 1.82) is 0 Å². The highest BCUT2D eigenvalue weighted by atomic mass is 16.3. The van der Waals surface area contributed by atoms with Crippen molar-refractivity contribution < 1.29 is 4.42 Å². The maximum atomic E-state index is 6.69. The van der Waals surface area contributed by atoms with Crippen molar-refractivity contribution in [2.75, 3.05) is 0 Å². The number of rotatable bonds is 3. The van der Waals surface area contributed by atoms with E-state index in [2.05, 4.69) is 182 Å². The lowest BCUT2D eigenvalue weighted by Gasteiger charge is -2.19. The highest BCUT2D eigenvalue weighted by Crippen LogP contribution is 2.46. The fourth-order valence-electron chi connectivity index (χ4n) is 8.50. The second-order valence-corrected chi connectivity index (χ2v) is 13.6. The maximum Gasteiger partial charge on any atom is 0.143 e. The van der Waals surface area contributed by atoms with Gasteiger partial charge in [-0.15, -0.1) is 0 Å². The van der Waals surface area contributed by atoms with Gasteiger partial charge in [0, 0.05) is 21.7 Å². The Morgan fingerprint density at radius 1 is 0.255 bits per heavy atom. The SMILES string of the molecule is c1ccc2c(-c3c4ccccc4c(-c4ccc5cc(-c6cccc7c6oc6c8ccccc8ccc76)ccc5c4)c4ccccc34)cccc2c1. The standard InChI is InChI=1S/C50H30O/c1-3-14-37-31(11-1)13-9-21-40(37)48-43-18-7-5-16-41(43)47(42-17-6-8-19-44(42)48)36-26-24-33-29-35(25-23-34(33)30-36)39-20-10-22-45-46-28-27-32-12-2-4-15-38(32)49(46)51-50(39)45/h1-30H. The largest absolute Gasteiger partial charge is 0.455 e. The van der Waals surface area contributed by atoms with Crippen LogP contribution in [0.3, 0.4) is 0 Å². The van der Waals surface area contributed by atoms with E-state index in [0.29, 0.717) is 0 Å². The van der Waals surface area contributed by atoms with Crippen molar-refractivity contribution in [1.82, 2.24) is 0 Å². The van der Waals surface area contributed by atoms with Gasteiger partial charge >= 0.3 is 0 Å². The van der Waals surface area contributed by atoms with E-state index in [0.717, 1.165) is 38.5 Å². The third kappa shape index (κ3) is 4.22. The molecule has 51 heavy (non-hydrogen) atoms. The molecule has 11 rings (SSSR count). The first-order valence-corrected chi connectivity index (χ1v) is 17.6. The lowest BCUT2D eigenvalue weighted by Crippen LogP contribution is -1.91. The van der Waals surface area contributed by atoms with E-state index < -0.39 is 0 Å². The summed E-state index contributed by atoms with van der Waals surface area (Å²) in [7, 11) is 0. The van der Waals surface area contributed by atoms with Crippen LogP contribution in [0.4, 0.5) is 0 Å². The number of para-hydroxylation sites is 1. The van der Waals surface area contributed by atoms with Crippen molar-refractivity contribution >= 4 is 75.8 Å². The lowest BCUT2D eigenvalue weighted by molar-refractivity contribution is 0.674. The van der Waals surface area contributed by atoms with Crippen LogP contribution in [0, 0.1) is 0 Å². The van der Waals surface area contributed by atoms with E-state index >= 15 is 0 Å². The van der Waals surface area contributed by atoms with Crippen molar-refractivity contribution in [3.05, 3.63) is 182 Å². The second kappa shape index (κ2) is 10.9. The number of benzene rings is 10. The van der Waals surface area contributed by atoms with Crippen molar-refractivity contribution in [2.24, 2.45) is 0 Å². The number of fused-ring (bicyclic) bond motifs is 9. The predicted octanol–water partition coefficient (Wildman–Crippen LogP) is 14.4. The molecule has 0 amide bonds. The Morgan fingerprint density at radius 3 is 1.45 bits per heavy atom. The molecule has 1 nitrogen and oxygen atoms in total. The summed E-state index contributed by atoms with van der Waals surface area (Å²) < 4.78 is 6.69. The summed E-state index contributed by atoms with van der Waals surface area (Å²) >= 11 is 0. The molecule has 0 atom stereocenters. The zero-order chi connectivity index (χ0) is 33.5. The molecule has 0 bridgehead atoms. The Bertz CT molecular complexity index is 3130. The van der Waals surface area contributed by atoms with Crippen LogP contribution in [0.25, 0.3) is 109 Å². The van der Waals surface area contributed by atoms with Gasteiger partial charge in [0.15, 0.2) is 0 Å². The number of furan rings is 1. The van der Waals surface area contributed by atoms with Crippen LogP contribution in [-0.2, 0) is 0 Å².